The summed E-state index contributed by atoms with van der Waals surface area (Å²) in [6.45, 7) is 5.48. The fourth-order valence-corrected chi connectivity index (χ4v) is 4.13. The van der Waals surface area contributed by atoms with Crippen molar-refractivity contribution in [2.75, 3.05) is 6.54 Å². The molecule has 0 aliphatic carbocycles. The molecule has 0 aliphatic rings. The molecule has 0 aliphatic heterocycles. The Kier molecular flexibility index (Phi) is 6.26. The number of amides is 2. The summed E-state index contributed by atoms with van der Waals surface area (Å²) in [5.41, 5.74) is 1.09. The summed E-state index contributed by atoms with van der Waals surface area (Å²) in [6.07, 6.45) is 0.439. The van der Waals surface area contributed by atoms with Crippen molar-refractivity contribution in [1.82, 2.24) is 20.0 Å². The summed E-state index contributed by atoms with van der Waals surface area (Å²) in [5.74, 6) is -0.255. The summed E-state index contributed by atoms with van der Waals surface area (Å²) in [7, 11) is 1.85. The second-order valence-corrected chi connectivity index (χ2v) is 9.07. The fraction of sp³-hybridized carbons (Fsp3) is 0.318. The van der Waals surface area contributed by atoms with Crippen LogP contribution < -0.4 is 10.4 Å². The van der Waals surface area contributed by atoms with E-state index >= 15 is 0 Å². The van der Waals surface area contributed by atoms with Crippen molar-refractivity contribution in [1.29, 1.82) is 0 Å². The van der Waals surface area contributed by atoms with Gasteiger partial charge in [0.25, 0.3) is 5.91 Å². The normalized spacial score (nSPS) is 12.4. The smallest absolute Gasteiger partial charge is 0.261 e. The number of rotatable bonds is 6. The van der Waals surface area contributed by atoms with Crippen molar-refractivity contribution in [2.45, 2.75) is 32.4 Å². The third kappa shape index (κ3) is 4.88. The molecule has 0 saturated heterocycles. The Morgan fingerprint density at radius 1 is 1.17 bits per heavy atom. The molecular formula is C22H25N4O3S-. The molecule has 0 fully saturated rings. The Balaban J connectivity index is 1.84. The minimum atomic E-state index is -1.27. The van der Waals surface area contributed by atoms with Crippen LogP contribution in [0.4, 0.5) is 4.79 Å². The SMILES string of the molecule is Cn1nccc1-c1ccc(C(=O)NC(CN(C(=O)[O-])C(C)(C)C)c2ccccc2)s1. The first kappa shape index (κ1) is 21.6. The van der Waals surface area contributed by atoms with Crippen LogP contribution in [0.25, 0.3) is 10.6 Å². The summed E-state index contributed by atoms with van der Waals surface area (Å²) in [4.78, 5) is 27.4. The molecule has 1 atom stereocenters. The predicted molar refractivity (Wildman–Crippen MR) is 115 cm³/mol. The zero-order chi connectivity index (χ0) is 21.9. The zero-order valence-corrected chi connectivity index (χ0v) is 18.3. The quantitative estimate of drug-likeness (QED) is 0.657. The van der Waals surface area contributed by atoms with E-state index in [2.05, 4.69) is 10.4 Å². The average molecular weight is 426 g/mol. The van der Waals surface area contributed by atoms with E-state index in [-0.39, 0.29) is 12.5 Å². The number of hydrogen-bond acceptors (Lipinski definition) is 5. The Morgan fingerprint density at radius 3 is 2.43 bits per heavy atom. The number of carbonyl (C=O) groups is 2. The van der Waals surface area contributed by atoms with Gasteiger partial charge in [-0.05, 0) is 44.5 Å². The number of hydrogen-bond donors (Lipinski definition) is 1. The molecule has 2 amide bonds. The molecule has 8 heteroatoms. The van der Waals surface area contributed by atoms with Gasteiger partial charge in [-0.3, -0.25) is 9.48 Å². The van der Waals surface area contributed by atoms with Crippen molar-refractivity contribution < 1.29 is 14.7 Å². The molecule has 2 aromatic heterocycles. The van der Waals surface area contributed by atoms with E-state index in [4.69, 9.17) is 0 Å². The van der Waals surface area contributed by atoms with Gasteiger partial charge in [-0.2, -0.15) is 5.10 Å². The lowest BCUT2D eigenvalue weighted by molar-refractivity contribution is -0.270. The molecule has 3 aromatic rings. The molecule has 30 heavy (non-hydrogen) atoms. The third-order valence-electron chi connectivity index (χ3n) is 4.81. The number of thiophene rings is 1. The maximum Gasteiger partial charge on any atom is 0.261 e. The minimum Gasteiger partial charge on any atom is -0.530 e. The molecule has 2 heterocycles. The number of benzene rings is 1. The summed E-state index contributed by atoms with van der Waals surface area (Å²) < 4.78 is 1.75. The van der Waals surface area contributed by atoms with Crippen LogP contribution in [-0.2, 0) is 7.05 Å². The first-order chi connectivity index (χ1) is 14.2. The van der Waals surface area contributed by atoms with Gasteiger partial charge in [-0.25, -0.2) is 0 Å². The highest BCUT2D eigenvalue weighted by molar-refractivity contribution is 7.17. The number of nitrogens with zero attached hydrogens (tertiary/aromatic N) is 3. The van der Waals surface area contributed by atoms with Gasteiger partial charge in [0, 0.05) is 25.3 Å². The van der Waals surface area contributed by atoms with E-state index in [9.17, 15) is 14.7 Å². The molecular weight excluding hydrogens is 400 g/mol. The first-order valence-electron chi connectivity index (χ1n) is 9.59. The molecule has 3 rings (SSSR count). The van der Waals surface area contributed by atoms with Crippen molar-refractivity contribution in [2.24, 2.45) is 7.05 Å². The van der Waals surface area contributed by atoms with E-state index in [1.807, 2.05) is 49.5 Å². The van der Waals surface area contributed by atoms with Crippen molar-refractivity contribution >= 4 is 23.3 Å². The van der Waals surface area contributed by atoms with Crippen LogP contribution in [0.15, 0.2) is 54.7 Å². The van der Waals surface area contributed by atoms with Crippen molar-refractivity contribution in [3.05, 3.63) is 65.2 Å². The van der Waals surface area contributed by atoms with Crippen molar-refractivity contribution in [3.8, 4) is 10.6 Å². The lowest BCUT2D eigenvalue weighted by Crippen LogP contribution is -2.54. The van der Waals surface area contributed by atoms with E-state index in [1.54, 1.807) is 37.7 Å². The Bertz CT molecular complexity index is 1020. The molecule has 0 radical (unpaired) electrons. The number of nitrogens with one attached hydrogen (secondary N) is 1. The molecule has 1 unspecified atom stereocenters. The van der Waals surface area contributed by atoms with Crippen LogP contribution in [0.3, 0.4) is 0 Å². The van der Waals surface area contributed by atoms with E-state index in [0.29, 0.717) is 4.88 Å². The highest BCUT2D eigenvalue weighted by Gasteiger charge is 2.27. The van der Waals surface area contributed by atoms with Gasteiger partial charge in [-0.1, -0.05) is 30.3 Å². The molecule has 1 N–H and O–H groups in total. The van der Waals surface area contributed by atoms with Crippen LogP contribution in [0.5, 0.6) is 0 Å². The topological polar surface area (TPSA) is 90.3 Å². The van der Waals surface area contributed by atoms with Crippen LogP contribution in [0.2, 0.25) is 0 Å². The maximum absolute atomic E-state index is 13.0. The average Bonchev–Trinajstić information content (AvgIpc) is 3.33. The molecule has 0 bridgehead atoms. The van der Waals surface area contributed by atoms with E-state index in [1.165, 1.54) is 16.2 Å². The van der Waals surface area contributed by atoms with Gasteiger partial charge in [0.05, 0.1) is 21.5 Å². The third-order valence-corrected chi connectivity index (χ3v) is 5.91. The van der Waals surface area contributed by atoms with Crippen LogP contribution >= 0.6 is 11.3 Å². The number of aryl methyl sites for hydroxylation is 1. The highest BCUT2D eigenvalue weighted by atomic mass is 32.1. The molecule has 0 saturated carbocycles. The van der Waals surface area contributed by atoms with Gasteiger partial charge in [0.15, 0.2) is 0 Å². The lowest BCUT2D eigenvalue weighted by atomic mass is 10.0. The van der Waals surface area contributed by atoms with Gasteiger partial charge in [-0.15, -0.1) is 11.3 Å². The van der Waals surface area contributed by atoms with Crippen LogP contribution in [0.1, 0.15) is 42.0 Å². The molecule has 7 nitrogen and oxygen atoms in total. The Hall–Kier alpha value is -3.13. The highest BCUT2D eigenvalue weighted by Crippen LogP contribution is 2.28. The maximum atomic E-state index is 13.0. The van der Waals surface area contributed by atoms with Gasteiger partial charge in [0.2, 0.25) is 0 Å². The molecule has 158 valence electrons. The van der Waals surface area contributed by atoms with E-state index < -0.39 is 17.7 Å². The minimum absolute atomic E-state index is 0.0849. The molecule has 0 spiro atoms. The standard InChI is InChI=1S/C22H26N4O3S/c1-22(2,3)26(21(28)29)14-16(15-8-6-5-7-9-15)24-20(27)19-11-10-18(30-19)17-12-13-23-25(17)4/h5-13,16H,14H2,1-4H3,(H,24,27)(H,28,29)/p-1. The van der Waals surface area contributed by atoms with Gasteiger partial charge >= 0.3 is 0 Å². The molecule has 1 aromatic carbocycles. The lowest BCUT2D eigenvalue weighted by Gasteiger charge is -2.40. The zero-order valence-electron chi connectivity index (χ0n) is 17.5. The number of carboxylic acid groups (broad SMARTS) is 1. The first-order valence-corrected chi connectivity index (χ1v) is 10.4. The number of aromatic nitrogens is 2. The Morgan fingerprint density at radius 2 is 1.87 bits per heavy atom. The summed E-state index contributed by atoms with van der Waals surface area (Å²) >= 11 is 1.37. The summed E-state index contributed by atoms with van der Waals surface area (Å²) in [5, 5.41) is 18.9. The Labute approximate surface area is 180 Å². The fourth-order valence-electron chi connectivity index (χ4n) is 3.17. The van der Waals surface area contributed by atoms with E-state index in [0.717, 1.165) is 16.1 Å². The van der Waals surface area contributed by atoms with Crippen LogP contribution in [-0.4, -0.2) is 38.8 Å². The number of carbonyl (C=O) groups excluding carboxylic acids is 2. The monoisotopic (exact) mass is 425 g/mol. The summed E-state index contributed by atoms with van der Waals surface area (Å²) in [6, 6.07) is 14.4. The van der Waals surface area contributed by atoms with Crippen molar-refractivity contribution in [3.63, 3.8) is 0 Å². The van der Waals surface area contributed by atoms with Gasteiger partial charge in [0.1, 0.15) is 6.09 Å². The predicted octanol–water partition coefficient (Wildman–Crippen LogP) is 3.06. The van der Waals surface area contributed by atoms with Crippen LogP contribution in [0, 0.1) is 0 Å². The second kappa shape index (κ2) is 8.71. The second-order valence-electron chi connectivity index (χ2n) is 7.99. The largest absolute Gasteiger partial charge is 0.530 e. The van der Waals surface area contributed by atoms with Gasteiger partial charge < -0.3 is 20.1 Å².